The van der Waals surface area contributed by atoms with Gasteiger partial charge in [0, 0.05) is 25.1 Å². The number of methoxy groups -OCH3 is 1. The Morgan fingerprint density at radius 3 is 2.65 bits per heavy atom. The quantitative estimate of drug-likeness (QED) is 0.814. The third-order valence-corrected chi connectivity index (χ3v) is 3.14. The maximum absolute atomic E-state index is 12.5. The van der Waals surface area contributed by atoms with Crippen molar-refractivity contribution in [3.63, 3.8) is 0 Å². The number of alkyl halides is 2. The first-order valence-electron chi connectivity index (χ1n) is 5.75. The van der Waals surface area contributed by atoms with Crippen LogP contribution in [0.2, 0.25) is 0 Å². The lowest BCUT2D eigenvalue weighted by molar-refractivity contribution is 0.0635. The van der Waals surface area contributed by atoms with Gasteiger partial charge in [0.2, 0.25) is 12.3 Å². The van der Waals surface area contributed by atoms with Gasteiger partial charge in [0.15, 0.2) is 0 Å². The van der Waals surface area contributed by atoms with Gasteiger partial charge in [0.1, 0.15) is 5.82 Å². The summed E-state index contributed by atoms with van der Waals surface area (Å²) in [5.74, 6) is 0.896. The standard InChI is InChI=1S/C12H16F2N2O/c1-17-11-4-2-3-10(15-11)16-7-5-9(6-8-16)12(13)14/h2-4,9,12H,5-8H2,1H3. The summed E-state index contributed by atoms with van der Waals surface area (Å²) in [6.45, 7) is 1.27. The Hall–Kier alpha value is -1.39. The summed E-state index contributed by atoms with van der Waals surface area (Å²) in [7, 11) is 1.56. The molecule has 0 bridgehead atoms. The minimum absolute atomic E-state index is 0.461. The van der Waals surface area contributed by atoms with Crippen molar-refractivity contribution in [3.8, 4) is 5.88 Å². The molecule has 0 N–H and O–H groups in total. The molecule has 0 aromatic carbocycles. The van der Waals surface area contributed by atoms with Gasteiger partial charge in [-0.2, -0.15) is 4.98 Å². The van der Waals surface area contributed by atoms with E-state index in [1.807, 2.05) is 17.0 Å². The van der Waals surface area contributed by atoms with Crippen LogP contribution >= 0.6 is 0 Å². The van der Waals surface area contributed by atoms with E-state index in [0.29, 0.717) is 31.8 Å². The molecule has 0 radical (unpaired) electrons. The van der Waals surface area contributed by atoms with Crippen LogP contribution in [-0.4, -0.2) is 31.6 Å². The number of hydrogen-bond acceptors (Lipinski definition) is 3. The van der Waals surface area contributed by atoms with Gasteiger partial charge in [-0.05, 0) is 18.9 Å². The van der Waals surface area contributed by atoms with Gasteiger partial charge in [0.25, 0.3) is 0 Å². The fourth-order valence-corrected chi connectivity index (χ4v) is 2.07. The van der Waals surface area contributed by atoms with Crippen LogP contribution in [-0.2, 0) is 0 Å². The van der Waals surface area contributed by atoms with Gasteiger partial charge in [0.05, 0.1) is 7.11 Å². The molecule has 1 aliphatic rings. The van der Waals surface area contributed by atoms with Crippen molar-refractivity contribution < 1.29 is 13.5 Å². The molecular weight excluding hydrogens is 226 g/mol. The molecule has 1 aromatic heterocycles. The van der Waals surface area contributed by atoms with E-state index in [-0.39, 0.29) is 0 Å². The van der Waals surface area contributed by atoms with Crippen molar-refractivity contribution in [2.24, 2.45) is 5.92 Å². The summed E-state index contributed by atoms with van der Waals surface area (Å²) in [6.07, 6.45) is -1.15. The van der Waals surface area contributed by atoms with E-state index in [2.05, 4.69) is 4.98 Å². The van der Waals surface area contributed by atoms with Crippen LogP contribution in [0.25, 0.3) is 0 Å². The Balaban J connectivity index is 2.00. The lowest BCUT2D eigenvalue weighted by Crippen LogP contribution is -2.36. The fourth-order valence-electron chi connectivity index (χ4n) is 2.07. The summed E-state index contributed by atoms with van der Waals surface area (Å²) >= 11 is 0. The number of halogens is 2. The third-order valence-electron chi connectivity index (χ3n) is 3.14. The number of pyridine rings is 1. The monoisotopic (exact) mass is 242 g/mol. The Kier molecular flexibility index (Phi) is 3.76. The first-order valence-corrected chi connectivity index (χ1v) is 5.75. The summed E-state index contributed by atoms with van der Waals surface area (Å²) < 4.78 is 30.1. The number of nitrogens with zero attached hydrogens (tertiary/aromatic N) is 2. The van der Waals surface area contributed by atoms with Crippen molar-refractivity contribution in [3.05, 3.63) is 18.2 Å². The zero-order valence-electron chi connectivity index (χ0n) is 9.77. The van der Waals surface area contributed by atoms with Crippen LogP contribution in [0.15, 0.2) is 18.2 Å². The normalized spacial score (nSPS) is 17.5. The molecule has 0 amide bonds. The van der Waals surface area contributed by atoms with Crippen LogP contribution < -0.4 is 9.64 Å². The van der Waals surface area contributed by atoms with E-state index in [1.165, 1.54) is 0 Å². The minimum atomic E-state index is -2.20. The fraction of sp³-hybridized carbons (Fsp3) is 0.583. The topological polar surface area (TPSA) is 25.4 Å². The molecule has 0 unspecified atom stereocenters. The van der Waals surface area contributed by atoms with Crippen molar-refractivity contribution in [1.82, 2.24) is 4.98 Å². The molecule has 0 spiro atoms. The Morgan fingerprint density at radius 2 is 2.06 bits per heavy atom. The second kappa shape index (κ2) is 5.29. The first-order chi connectivity index (χ1) is 8.20. The van der Waals surface area contributed by atoms with Crippen LogP contribution in [0.4, 0.5) is 14.6 Å². The number of piperidine rings is 1. The molecule has 2 rings (SSSR count). The average Bonchev–Trinajstić information content (AvgIpc) is 2.39. The van der Waals surface area contributed by atoms with Gasteiger partial charge >= 0.3 is 0 Å². The van der Waals surface area contributed by atoms with E-state index < -0.39 is 12.3 Å². The molecule has 0 saturated carbocycles. The van der Waals surface area contributed by atoms with Crippen LogP contribution in [0, 0.1) is 5.92 Å². The highest BCUT2D eigenvalue weighted by Gasteiger charge is 2.26. The van der Waals surface area contributed by atoms with Crippen LogP contribution in [0.5, 0.6) is 5.88 Å². The summed E-state index contributed by atoms with van der Waals surface area (Å²) in [6, 6.07) is 5.51. The molecule has 3 nitrogen and oxygen atoms in total. The molecule has 1 fully saturated rings. The van der Waals surface area contributed by atoms with Gasteiger partial charge in [-0.1, -0.05) is 6.07 Å². The van der Waals surface area contributed by atoms with Crippen LogP contribution in [0.1, 0.15) is 12.8 Å². The predicted molar refractivity (Wildman–Crippen MR) is 61.7 cm³/mol. The lowest BCUT2D eigenvalue weighted by Gasteiger charge is -2.32. The zero-order valence-corrected chi connectivity index (χ0v) is 9.77. The van der Waals surface area contributed by atoms with E-state index in [0.717, 1.165) is 5.82 Å². The van der Waals surface area contributed by atoms with Gasteiger partial charge in [-0.25, -0.2) is 8.78 Å². The summed E-state index contributed by atoms with van der Waals surface area (Å²) in [4.78, 5) is 6.33. The average molecular weight is 242 g/mol. The van der Waals surface area contributed by atoms with Crippen molar-refractivity contribution in [2.45, 2.75) is 19.3 Å². The Bertz CT molecular complexity index is 365. The molecular formula is C12H16F2N2O. The van der Waals surface area contributed by atoms with Crippen LogP contribution in [0.3, 0.4) is 0 Å². The van der Waals surface area contributed by atoms with Gasteiger partial charge in [-0.15, -0.1) is 0 Å². The van der Waals surface area contributed by atoms with Crippen molar-refractivity contribution in [1.29, 1.82) is 0 Å². The van der Waals surface area contributed by atoms with Gasteiger partial charge in [-0.3, -0.25) is 0 Å². The number of hydrogen-bond donors (Lipinski definition) is 0. The molecule has 0 atom stereocenters. The molecule has 94 valence electrons. The molecule has 2 heterocycles. The third kappa shape index (κ3) is 2.84. The smallest absolute Gasteiger partial charge is 0.241 e. The molecule has 1 aliphatic heterocycles. The minimum Gasteiger partial charge on any atom is -0.481 e. The number of ether oxygens (including phenoxy) is 1. The highest BCUT2D eigenvalue weighted by atomic mass is 19.3. The SMILES string of the molecule is COc1cccc(N2CCC(C(F)F)CC2)n1. The largest absolute Gasteiger partial charge is 0.481 e. The predicted octanol–water partition coefficient (Wildman–Crippen LogP) is 2.57. The Morgan fingerprint density at radius 1 is 1.35 bits per heavy atom. The van der Waals surface area contributed by atoms with E-state index in [1.54, 1.807) is 13.2 Å². The molecule has 17 heavy (non-hydrogen) atoms. The molecule has 5 heteroatoms. The number of anilines is 1. The maximum Gasteiger partial charge on any atom is 0.241 e. The summed E-state index contributed by atoms with van der Waals surface area (Å²) in [5.41, 5.74) is 0. The van der Waals surface area contributed by atoms with Crippen molar-refractivity contribution in [2.75, 3.05) is 25.1 Å². The Labute approximate surface area is 99.4 Å². The summed E-state index contributed by atoms with van der Waals surface area (Å²) in [5, 5.41) is 0. The highest BCUT2D eigenvalue weighted by Crippen LogP contribution is 2.26. The zero-order chi connectivity index (χ0) is 12.3. The van der Waals surface area contributed by atoms with E-state index >= 15 is 0 Å². The molecule has 1 aromatic rings. The molecule has 0 aliphatic carbocycles. The highest BCUT2D eigenvalue weighted by molar-refractivity contribution is 5.41. The number of aromatic nitrogens is 1. The van der Waals surface area contributed by atoms with Gasteiger partial charge < -0.3 is 9.64 Å². The second-order valence-electron chi connectivity index (χ2n) is 4.20. The lowest BCUT2D eigenvalue weighted by atomic mass is 9.97. The molecule has 1 saturated heterocycles. The maximum atomic E-state index is 12.5. The van der Waals surface area contributed by atoms with E-state index in [4.69, 9.17) is 4.74 Å². The van der Waals surface area contributed by atoms with Crippen molar-refractivity contribution >= 4 is 5.82 Å². The second-order valence-corrected chi connectivity index (χ2v) is 4.20. The number of rotatable bonds is 3. The van der Waals surface area contributed by atoms with E-state index in [9.17, 15) is 8.78 Å². The first kappa shape index (κ1) is 12.1.